The van der Waals surface area contributed by atoms with Crippen molar-refractivity contribution in [3.63, 3.8) is 0 Å². The van der Waals surface area contributed by atoms with E-state index in [0.717, 1.165) is 44.9 Å². The maximum absolute atomic E-state index is 12.4. The van der Waals surface area contributed by atoms with Gasteiger partial charge in [-0.1, -0.05) is 53.0 Å². The maximum atomic E-state index is 12.4. The first kappa shape index (κ1) is 35.7. The summed E-state index contributed by atoms with van der Waals surface area (Å²) in [5.74, 6) is -1.41. The Kier molecular flexibility index (Phi) is 14.5. The number of hydrogen-bond acceptors (Lipinski definition) is 11. The second-order valence-electron chi connectivity index (χ2n) is 11.5. The summed E-state index contributed by atoms with van der Waals surface area (Å²) in [6.45, 7) is 9.53. The molecule has 2 rings (SSSR count). The van der Waals surface area contributed by atoms with Gasteiger partial charge in [-0.2, -0.15) is 0 Å². The van der Waals surface area contributed by atoms with Crippen molar-refractivity contribution in [2.24, 2.45) is 17.6 Å². The van der Waals surface area contributed by atoms with Crippen LogP contribution in [0.25, 0.3) is 0 Å². The standard InChI is InChI=1S/C31H47NO11/c1-6-20(3)18-38-28(35)42-25-14-13-23(15-26(25)43-29(36)39-19-21(4)7-2)17-31(32,27(33)34)16-22(5)40-30(37)41-24-11-9-8-10-12-24/h13-15,20-22,24H,6-12,16-19,32H2,1-5H3,(H,33,34)/t20?,21?,22-,31?/m0/s1. The summed E-state index contributed by atoms with van der Waals surface area (Å²) < 4.78 is 31.6. The van der Waals surface area contributed by atoms with Crippen LogP contribution in [0.4, 0.5) is 14.4 Å². The number of hydrogen-bond donors (Lipinski definition) is 2. The Morgan fingerprint density at radius 3 is 1.98 bits per heavy atom. The Hall–Kier alpha value is -3.54. The van der Waals surface area contributed by atoms with Crippen LogP contribution in [0.2, 0.25) is 0 Å². The fourth-order valence-corrected chi connectivity index (χ4v) is 4.39. The summed E-state index contributed by atoms with van der Waals surface area (Å²) in [5, 5.41) is 10.0. The van der Waals surface area contributed by atoms with Gasteiger partial charge in [0.15, 0.2) is 11.5 Å². The van der Waals surface area contributed by atoms with Gasteiger partial charge < -0.3 is 39.3 Å². The summed E-state index contributed by atoms with van der Waals surface area (Å²) >= 11 is 0. The molecule has 0 bridgehead atoms. The zero-order chi connectivity index (χ0) is 32.0. The van der Waals surface area contributed by atoms with Crippen LogP contribution in [-0.4, -0.2) is 60.5 Å². The Morgan fingerprint density at radius 1 is 0.884 bits per heavy atom. The lowest BCUT2D eigenvalue weighted by atomic mass is 9.86. The molecule has 0 heterocycles. The molecule has 0 spiro atoms. The number of benzene rings is 1. The normalized spacial score (nSPS) is 17.0. The van der Waals surface area contributed by atoms with Crippen molar-refractivity contribution in [3.05, 3.63) is 23.8 Å². The van der Waals surface area contributed by atoms with E-state index in [9.17, 15) is 24.3 Å². The fourth-order valence-electron chi connectivity index (χ4n) is 4.39. The number of aliphatic carboxylic acids is 1. The van der Waals surface area contributed by atoms with Gasteiger partial charge >= 0.3 is 24.4 Å². The van der Waals surface area contributed by atoms with Crippen LogP contribution in [0.15, 0.2) is 18.2 Å². The van der Waals surface area contributed by atoms with Gasteiger partial charge in [0, 0.05) is 12.8 Å². The van der Waals surface area contributed by atoms with E-state index in [1.54, 1.807) is 0 Å². The van der Waals surface area contributed by atoms with E-state index in [1.807, 2.05) is 27.7 Å². The zero-order valence-corrected chi connectivity index (χ0v) is 25.9. The Bertz CT molecular complexity index is 1070. The van der Waals surface area contributed by atoms with Crippen molar-refractivity contribution < 1.29 is 52.7 Å². The summed E-state index contributed by atoms with van der Waals surface area (Å²) in [7, 11) is 0. The minimum atomic E-state index is -1.86. The zero-order valence-electron chi connectivity index (χ0n) is 25.9. The lowest BCUT2D eigenvalue weighted by molar-refractivity contribution is -0.144. The average Bonchev–Trinajstić information content (AvgIpc) is 2.96. The lowest BCUT2D eigenvalue weighted by Gasteiger charge is -2.28. The SMILES string of the molecule is CCC(C)COC(=O)Oc1ccc(CC(N)(C[C@H](C)OC(=O)OC2CCCCC2)C(=O)O)cc1OC(=O)OCC(C)CC. The summed E-state index contributed by atoms with van der Waals surface area (Å²) in [6, 6.07) is 4.18. The molecule has 1 fully saturated rings. The minimum absolute atomic E-state index is 0.0997. The molecular weight excluding hydrogens is 562 g/mol. The van der Waals surface area contributed by atoms with Crippen LogP contribution in [0, 0.1) is 11.8 Å². The molecule has 1 aromatic rings. The third-order valence-electron chi connectivity index (χ3n) is 7.47. The number of carboxylic acids is 1. The first-order valence-electron chi connectivity index (χ1n) is 15.1. The van der Waals surface area contributed by atoms with Crippen LogP contribution in [-0.2, 0) is 30.2 Å². The first-order chi connectivity index (χ1) is 20.3. The molecule has 0 amide bonds. The molecule has 4 atom stereocenters. The number of ether oxygens (including phenoxy) is 6. The Labute approximate surface area is 253 Å². The van der Waals surface area contributed by atoms with Gasteiger partial charge in [0.05, 0.1) is 13.2 Å². The summed E-state index contributed by atoms with van der Waals surface area (Å²) in [6.07, 6.45) is 1.76. The number of nitrogens with two attached hydrogens (primary N) is 1. The molecule has 12 heteroatoms. The molecule has 0 saturated heterocycles. The van der Waals surface area contributed by atoms with Crippen LogP contribution < -0.4 is 15.2 Å². The molecule has 0 aromatic heterocycles. The van der Waals surface area contributed by atoms with E-state index < -0.39 is 36.1 Å². The van der Waals surface area contributed by atoms with Gasteiger partial charge in [0.1, 0.15) is 17.7 Å². The van der Waals surface area contributed by atoms with Crippen molar-refractivity contribution in [1.82, 2.24) is 0 Å². The number of carbonyl (C=O) groups excluding carboxylic acids is 3. The van der Waals surface area contributed by atoms with E-state index >= 15 is 0 Å². The second kappa shape index (κ2) is 17.5. The molecule has 0 aliphatic heterocycles. The highest BCUT2D eigenvalue weighted by Crippen LogP contribution is 2.32. The van der Waals surface area contributed by atoms with E-state index in [4.69, 9.17) is 34.2 Å². The molecule has 1 aromatic carbocycles. The molecule has 1 saturated carbocycles. The highest BCUT2D eigenvalue weighted by molar-refractivity contribution is 5.79. The largest absolute Gasteiger partial charge is 0.513 e. The quantitative estimate of drug-likeness (QED) is 0.128. The molecule has 3 unspecified atom stereocenters. The van der Waals surface area contributed by atoms with Gasteiger partial charge in [0.25, 0.3) is 0 Å². The molecule has 3 N–H and O–H groups in total. The summed E-state index contributed by atoms with van der Waals surface area (Å²) in [5.41, 5.74) is 4.80. The van der Waals surface area contributed by atoms with Crippen molar-refractivity contribution in [2.75, 3.05) is 13.2 Å². The van der Waals surface area contributed by atoms with Crippen LogP contribution in [0.3, 0.4) is 0 Å². The lowest BCUT2D eigenvalue weighted by Crippen LogP contribution is -2.52. The van der Waals surface area contributed by atoms with E-state index in [0.29, 0.717) is 5.56 Å². The topological polar surface area (TPSA) is 170 Å². The molecule has 242 valence electrons. The molecular formula is C31H47NO11. The molecule has 1 aliphatic rings. The van der Waals surface area contributed by atoms with Crippen LogP contribution in [0.5, 0.6) is 11.5 Å². The number of rotatable bonds is 15. The van der Waals surface area contributed by atoms with E-state index in [1.165, 1.54) is 25.1 Å². The van der Waals surface area contributed by atoms with Gasteiger partial charge in [0.2, 0.25) is 0 Å². The minimum Gasteiger partial charge on any atom is -0.480 e. The highest BCUT2D eigenvalue weighted by Gasteiger charge is 2.37. The van der Waals surface area contributed by atoms with Crippen molar-refractivity contribution >= 4 is 24.4 Å². The van der Waals surface area contributed by atoms with Crippen LogP contribution >= 0.6 is 0 Å². The summed E-state index contributed by atoms with van der Waals surface area (Å²) in [4.78, 5) is 49.3. The second-order valence-corrected chi connectivity index (χ2v) is 11.5. The third kappa shape index (κ3) is 12.7. The predicted octanol–water partition coefficient (Wildman–Crippen LogP) is 6.40. The molecule has 43 heavy (non-hydrogen) atoms. The van der Waals surface area contributed by atoms with Gasteiger partial charge in [-0.25, -0.2) is 14.4 Å². The third-order valence-corrected chi connectivity index (χ3v) is 7.47. The smallest absolute Gasteiger partial charge is 0.480 e. The number of carboxylic acid groups (broad SMARTS) is 1. The van der Waals surface area contributed by atoms with E-state index in [2.05, 4.69) is 0 Å². The van der Waals surface area contributed by atoms with Crippen molar-refractivity contribution in [3.8, 4) is 11.5 Å². The maximum Gasteiger partial charge on any atom is 0.513 e. The average molecular weight is 610 g/mol. The molecule has 1 aliphatic carbocycles. The molecule has 12 nitrogen and oxygen atoms in total. The van der Waals surface area contributed by atoms with Crippen LogP contribution in [0.1, 0.15) is 91.5 Å². The van der Waals surface area contributed by atoms with Crippen molar-refractivity contribution in [1.29, 1.82) is 0 Å². The molecule has 0 radical (unpaired) electrons. The number of carbonyl (C=O) groups is 4. The van der Waals surface area contributed by atoms with Gasteiger partial charge in [-0.05, 0) is 62.1 Å². The first-order valence-corrected chi connectivity index (χ1v) is 15.1. The van der Waals surface area contributed by atoms with Gasteiger partial charge in [-0.15, -0.1) is 0 Å². The highest BCUT2D eigenvalue weighted by atomic mass is 16.7. The van der Waals surface area contributed by atoms with E-state index in [-0.39, 0.29) is 55.5 Å². The monoisotopic (exact) mass is 609 g/mol. The predicted molar refractivity (Wildman–Crippen MR) is 156 cm³/mol. The van der Waals surface area contributed by atoms with Crippen molar-refractivity contribution in [2.45, 2.75) is 110 Å². The Balaban J connectivity index is 2.17. The fraction of sp³-hybridized carbons (Fsp3) is 0.677. The Morgan fingerprint density at radius 2 is 1.44 bits per heavy atom. The van der Waals surface area contributed by atoms with Gasteiger partial charge in [-0.3, -0.25) is 4.79 Å².